The zero-order chi connectivity index (χ0) is 19.2. The Bertz CT molecular complexity index is 785. The molecule has 1 aromatic carbocycles. The molecule has 6 nitrogen and oxygen atoms in total. The number of rotatable bonds is 5. The molecule has 1 saturated heterocycles. The maximum Gasteiger partial charge on any atom is 0.269 e. The summed E-state index contributed by atoms with van der Waals surface area (Å²) >= 11 is 5.87. The predicted octanol–water partition coefficient (Wildman–Crippen LogP) is 2.38. The molecule has 0 atom stereocenters. The normalized spacial score (nSPS) is 14.1. The second kappa shape index (κ2) is 8.86. The molecule has 7 heteroatoms. The monoisotopic (exact) mass is 386 g/mol. The van der Waals surface area contributed by atoms with Gasteiger partial charge in [-0.3, -0.25) is 9.59 Å². The highest BCUT2D eigenvalue weighted by molar-refractivity contribution is 6.30. The van der Waals surface area contributed by atoms with E-state index in [2.05, 4.69) is 15.2 Å². The first kappa shape index (κ1) is 19.2. The van der Waals surface area contributed by atoms with Crippen molar-refractivity contribution in [3.8, 4) is 0 Å². The summed E-state index contributed by atoms with van der Waals surface area (Å²) in [7, 11) is 0. The summed E-state index contributed by atoms with van der Waals surface area (Å²) in [5.41, 5.74) is 2.49. The first-order valence-electron chi connectivity index (χ1n) is 9.02. The molecule has 2 aromatic rings. The van der Waals surface area contributed by atoms with Gasteiger partial charge in [0.2, 0.25) is 5.91 Å². The molecule has 0 saturated carbocycles. The number of piperazine rings is 1. The van der Waals surface area contributed by atoms with Crippen LogP contribution in [0.1, 0.15) is 23.0 Å². The van der Waals surface area contributed by atoms with Crippen LogP contribution in [-0.2, 0) is 11.2 Å². The van der Waals surface area contributed by atoms with Crippen molar-refractivity contribution in [3.63, 3.8) is 0 Å². The number of pyridine rings is 1. The van der Waals surface area contributed by atoms with Gasteiger partial charge in [0.15, 0.2) is 0 Å². The molecule has 1 N–H and O–H groups in total. The molecule has 0 unspecified atom stereocenters. The van der Waals surface area contributed by atoms with E-state index in [1.54, 1.807) is 19.2 Å². The number of carbonyl (C=O) groups excluding carboxylic acids is 2. The molecule has 0 radical (unpaired) electrons. The van der Waals surface area contributed by atoms with E-state index in [-0.39, 0.29) is 11.8 Å². The maximum absolute atomic E-state index is 12.2. The summed E-state index contributed by atoms with van der Waals surface area (Å²) in [6, 6.07) is 11.2. The number of amides is 2. The molecule has 0 bridgehead atoms. The number of anilines is 1. The number of nitrogens with one attached hydrogen (secondary N) is 1. The van der Waals surface area contributed by atoms with Crippen molar-refractivity contribution in [2.75, 3.05) is 37.6 Å². The third-order valence-corrected chi connectivity index (χ3v) is 4.94. The van der Waals surface area contributed by atoms with E-state index in [1.165, 1.54) is 0 Å². The van der Waals surface area contributed by atoms with E-state index in [0.717, 1.165) is 30.8 Å². The lowest BCUT2D eigenvalue weighted by Gasteiger charge is -2.35. The molecule has 142 valence electrons. The first-order valence-corrected chi connectivity index (χ1v) is 9.40. The molecular weight excluding hydrogens is 364 g/mol. The smallest absolute Gasteiger partial charge is 0.269 e. The van der Waals surface area contributed by atoms with Gasteiger partial charge in [0.05, 0.1) is 11.9 Å². The maximum atomic E-state index is 12.2. The summed E-state index contributed by atoms with van der Waals surface area (Å²) in [5.74, 6) is -0.0738. The fourth-order valence-corrected chi connectivity index (χ4v) is 3.17. The molecule has 1 aromatic heterocycles. The van der Waals surface area contributed by atoms with E-state index in [1.807, 2.05) is 35.2 Å². The van der Waals surface area contributed by atoms with Crippen molar-refractivity contribution in [2.24, 2.45) is 0 Å². The molecule has 1 aliphatic heterocycles. The molecule has 1 aliphatic rings. The minimum atomic E-state index is -0.183. The zero-order valence-corrected chi connectivity index (χ0v) is 16.1. The molecule has 3 rings (SSSR count). The fourth-order valence-electron chi connectivity index (χ4n) is 3.05. The number of nitrogens with zero attached hydrogens (tertiary/aromatic N) is 3. The lowest BCUT2D eigenvalue weighted by molar-refractivity contribution is -0.129. The average Bonchev–Trinajstić information content (AvgIpc) is 2.69. The summed E-state index contributed by atoms with van der Waals surface area (Å²) in [6.45, 7) is 5.10. The highest BCUT2D eigenvalue weighted by atomic mass is 35.5. The standard InChI is InChI=1S/C20H23ClN4O2/c1-15(26)24-10-12-25(13-11-24)18-6-7-19(23-14-18)20(27)22-9-8-16-2-4-17(21)5-3-16/h2-7,14H,8-13H2,1H3,(H,22,27). The second-order valence-corrected chi connectivity index (χ2v) is 6.96. The van der Waals surface area contributed by atoms with Crippen LogP contribution in [0.4, 0.5) is 5.69 Å². The SMILES string of the molecule is CC(=O)N1CCN(c2ccc(C(=O)NCCc3ccc(Cl)cc3)nc2)CC1. The van der Waals surface area contributed by atoms with Gasteiger partial charge in [-0.2, -0.15) is 0 Å². The van der Waals surface area contributed by atoms with Gasteiger partial charge in [0.1, 0.15) is 5.69 Å². The van der Waals surface area contributed by atoms with Gasteiger partial charge in [0.25, 0.3) is 5.91 Å². The molecule has 27 heavy (non-hydrogen) atoms. The zero-order valence-electron chi connectivity index (χ0n) is 15.3. The molecule has 1 fully saturated rings. The lowest BCUT2D eigenvalue weighted by Crippen LogP contribution is -2.48. The predicted molar refractivity (Wildman–Crippen MR) is 106 cm³/mol. The Morgan fingerprint density at radius 3 is 2.37 bits per heavy atom. The molecule has 2 heterocycles. The van der Waals surface area contributed by atoms with Crippen LogP contribution in [0.5, 0.6) is 0 Å². The van der Waals surface area contributed by atoms with Crippen LogP contribution in [0, 0.1) is 0 Å². The number of hydrogen-bond acceptors (Lipinski definition) is 4. The van der Waals surface area contributed by atoms with Crippen molar-refractivity contribution >= 4 is 29.1 Å². The highest BCUT2D eigenvalue weighted by Gasteiger charge is 2.19. The minimum Gasteiger partial charge on any atom is -0.367 e. The summed E-state index contributed by atoms with van der Waals surface area (Å²) < 4.78 is 0. The van der Waals surface area contributed by atoms with E-state index in [4.69, 9.17) is 11.6 Å². The van der Waals surface area contributed by atoms with E-state index < -0.39 is 0 Å². The van der Waals surface area contributed by atoms with Crippen molar-refractivity contribution < 1.29 is 9.59 Å². The summed E-state index contributed by atoms with van der Waals surface area (Å²) in [4.78, 5) is 31.9. The minimum absolute atomic E-state index is 0.110. The number of carbonyl (C=O) groups is 2. The molecular formula is C20H23ClN4O2. The van der Waals surface area contributed by atoms with Crippen LogP contribution in [0.15, 0.2) is 42.6 Å². The molecule has 2 amide bonds. The van der Waals surface area contributed by atoms with Crippen LogP contribution >= 0.6 is 11.6 Å². The molecule has 0 spiro atoms. The van der Waals surface area contributed by atoms with Gasteiger partial charge < -0.3 is 15.1 Å². The van der Waals surface area contributed by atoms with Gasteiger partial charge in [-0.05, 0) is 36.2 Å². The second-order valence-electron chi connectivity index (χ2n) is 6.53. The number of hydrogen-bond donors (Lipinski definition) is 1. The Hall–Kier alpha value is -2.60. The average molecular weight is 387 g/mol. The van der Waals surface area contributed by atoms with Crippen LogP contribution in [0.3, 0.4) is 0 Å². The van der Waals surface area contributed by atoms with Crippen molar-refractivity contribution in [3.05, 3.63) is 58.9 Å². The Balaban J connectivity index is 1.48. The molecule has 0 aliphatic carbocycles. The highest BCUT2D eigenvalue weighted by Crippen LogP contribution is 2.16. The van der Waals surface area contributed by atoms with Gasteiger partial charge >= 0.3 is 0 Å². The van der Waals surface area contributed by atoms with Gasteiger partial charge in [0, 0.05) is 44.7 Å². The largest absolute Gasteiger partial charge is 0.367 e. The van der Waals surface area contributed by atoms with E-state index >= 15 is 0 Å². The van der Waals surface area contributed by atoms with Crippen molar-refractivity contribution in [1.82, 2.24) is 15.2 Å². The van der Waals surface area contributed by atoms with Crippen LogP contribution in [-0.4, -0.2) is 54.4 Å². The van der Waals surface area contributed by atoms with Crippen LogP contribution in [0.25, 0.3) is 0 Å². The van der Waals surface area contributed by atoms with E-state index in [0.29, 0.717) is 30.4 Å². The third kappa shape index (κ3) is 5.20. The Labute approximate surface area is 164 Å². The van der Waals surface area contributed by atoms with Gasteiger partial charge in [-0.15, -0.1) is 0 Å². The first-order chi connectivity index (χ1) is 13.0. The van der Waals surface area contributed by atoms with Gasteiger partial charge in [-0.25, -0.2) is 4.98 Å². The Kier molecular flexibility index (Phi) is 6.29. The number of benzene rings is 1. The van der Waals surface area contributed by atoms with Crippen molar-refractivity contribution in [2.45, 2.75) is 13.3 Å². The summed E-state index contributed by atoms with van der Waals surface area (Å²) in [6.07, 6.45) is 2.46. The van der Waals surface area contributed by atoms with Gasteiger partial charge in [-0.1, -0.05) is 23.7 Å². The van der Waals surface area contributed by atoms with Crippen molar-refractivity contribution in [1.29, 1.82) is 0 Å². The quantitative estimate of drug-likeness (QED) is 0.856. The van der Waals surface area contributed by atoms with Crippen LogP contribution < -0.4 is 10.2 Å². The third-order valence-electron chi connectivity index (χ3n) is 4.68. The Morgan fingerprint density at radius 1 is 1.07 bits per heavy atom. The van der Waals surface area contributed by atoms with E-state index in [9.17, 15) is 9.59 Å². The number of halogens is 1. The summed E-state index contributed by atoms with van der Waals surface area (Å²) in [5, 5.41) is 3.59. The van der Waals surface area contributed by atoms with Crippen LogP contribution in [0.2, 0.25) is 5.02 Å². The lowest BCUT2D eigenvalue weighted by atomic mass is 10.1. The topological polar surface area (TPSA) is 65.5 Å². The number of aromatic nitrogens is 1. The Morgan fingerprint density at radius 2 is 1.78 bits per heavy atom. The fraction of sp³-hybridized carbons (Fsp3) is 0.350.